The first-order chi connectivity index (χ1) is 10.5. The second-order valence-electron chi connectivity index (χ2n) is 5.85. The average molecular weight is 298 g/mol. The number of amides is 1. The van der Waals surface area contributed by atoms with Crippen molar-refractivity contribution in [2.75, 3.05) is 0 Å². The Kier molecular flexibility index (Phi) is 3.79. The molecule has 5 nitrogen and oxygen atoms in total. The third-order valence-corrected chi connectivity index (χ3v) is 4.22. The van der Waals surface area contributed by atoms with Gasteiger partial charge < -0.3 is 10.4 Å². The van der Waals surface area contributed by atoms with E-state index in [2.05, 4.69) is 10.3 Å². The molecule has 114 valence electrons. The number of carbonyl (C=O) groups excluding carboxylic acids is 1. The summed E-state index contributed by atoms with van der Waals surface area (Å²) in [5, 5.41) is 12.9. The molecule has 2 N–H and O–H groups in total. The van der Waals surface area contributed by atoms with E-state index in [0.29, 0.717) is 30.3 Å². The largest absolute Gasteiger partial charge is 0.481 e. The number of aromatic nitrogens is 1. The number of rotatable bonds is 3. The van der Waals surface area contributed by atoms with Crippen molar-refractivity contribution in [3.8, 4) is 0 Å². The fraction of sp³-hybridized carbons (Fsp3) is 0.353. The van der Waals surface area contributed by atoms with Gasteiger partial charge in [0.15, 0.2) is 0 Å². The van der Waals surface area contributed by atoms with Crippen LogP contribution in [0, 0.1) is 12.8 Å². The van der Waals surface area contributed by atoms with Crippen molar-refractivity contribution in [1.82, 2.24) is 10.3 Å². The van der Waals surface area contributed by atoms with Crippen LogP contribution < -0.4 is 5.32 Å². The second-order valence-corrected chi connectivity index (χ2v) is 5.85. The quantitative estimate of drug-likeness (QED) is 0.912. The summed E-state index contributed by atoms with van der Waals surface area (Å²) >= 11 is 0. The molecule has 2 aromatic rings. The van der Waals surface area contributed by atoms with Crippen LogP contribution in [0.15, 0.2) is 30.3 Å². The maximum Gasteiger partial charge on any atom is 0.306 e. The third kappa shape index (κ3) is 2.79. The topological polar surface area (TPSA) is 79.3 Å². The zero-order valence-corrected chi connectivity index (χ0v) is 12.4. The van der Waals surface area contributed by atoms with E-state index in [1.807, 2.05) is 31.2 Å². The van der Waals surface area contributed by atoms with Crippen molar-refractivity contribution >= 4 is 22.8 Å². The van der Waals surface area contributed by atoms with Crippen molar-refractivity contribution < 1.29 is 14.7 Å². The highest BCUT2D eigenvalue weighted by molar-refractivity contribution is 6.05. The van der Waals surface area contributed by atoms with Gasteiger partial charge in [-0.15, -0.1) is 0 Å². The Morgan fingerprint density at radius 3 is 2.77 bits per heavy atom. The molecule has 0 bridgehead atoms. The summed E-state index contributed by atoms with van der Waals surface area (Å²) in [6.07, 6.45) is 1.82. The van der Waals surface area contributed by atoms with E-state index in [4.69, 9.17) is 5.11 Å². The summed E-state index contributed by atoms with van der Waals surface area (Å²) in [5.41, 5.74) is 2.09. The minimum Gasteiger partial charge on any atom is -0.481 e. The van der Waals surface area contributed by atoms with E-state index in [-0.39, 0.29) is 17.9 Å². The molecular formula is C17H18N2O3. The van der Waals surface area contributed by atoms with E-state index >= 15 is 0 Å². The SMILES string of the molecule is Cc1ccc2cccc(C(=O)N[C@@H]3CC[C@H](C(=O)O)C3)c2n1. The number of aryl methyl sites for hydroxylation is 1. The van der Waals surface area contributed by atoms with Crippen LogP contribution in [0.1, 0.15) is 35.3 Å². The number of pyridine rings is 1. The van der Waals surface area contributed by atoms with Gasteiger partial charge in [-0.25, -0.2) is 0 Å². The van der Waals surface area contributed by atoms with Gasteiger partial charge in [-0.3, -0.25) is 14.6 Å². The van der Waals surface area contributed by atoms with E-state index in [1.54, 1.807) is 6.07 Å². The number of fused-ring (bicyclic) bond motifs is 1. The highest BCUT2D eigenvalue weighted by Gasteiger charge is 2.30. The molecule has 0 spiro atoms. The number of carboxylic acid groups (broad SMARTS) is 1. The predicted molar refractivity (Wildman–Crippen MR) is 82.7 cm³/mol. The summed E-state index contributed by atoms with van der Waals surface area (Å²) < 4.78 is 0. The smallest absolute Gasteiger partial charge is 0.306 e. The summed E-state index contributed by atoms with van der Waals surface area (Å²) in [5.74, 6) is -1.31. The Balaban J connectivity index is 1.81. The molecule has 1 fully saturated rings. The molecule has 1 aliphatic rings. The van der Waals surface area contributed by atoms with Crippen LogP contribution in [0.2, 0.25) is 0 Å². The van der Waals surface area contributed by atoms with Gasteiger partial charge in [0.2, 0.25) is 0 Å². The van der Waals surface area contributed by atoms with Crippen molar-refractivity contribution in [3.63, 3.8) is 0 Å². The Morgan fingerprint density at radius 1 is 1.23 bits per heavy atom. The van der Waals surface area contributed by atoms with Crippen LogP contribution in [0.5, 0.6) is 0 Å². The molecule has 1 amide bonds. The van der Waals surface area contributed by atoms with E-state index < -0.39 is 5.97 Å². The molecule has 1 aromatic carbocycles. The number of benzene rings is 1. The Hall–Kier alpha value is -2.43. The normalized spacial score (nSPS) is 21.0. The van der Waals surface area contributed by atoms with Gasteiger partial charge in [-0.1, -0.05) is 18.2 Å². The first-order valence-electron chi connectivity index (χ1n) is 7.44. The van der Waals surface area contributed by atoms with Gasteiger partial charge in [-0.05, 0) is 38.3 Å². The maximum atomic E-state index is 12.5. The van der Waals surface area contributed by atoms with Crippen LogP contribution in [0.3, 0.4) is 0 Å². The number of hydrogen-bond donors (Lipinski definition) is 2. The lowest BCUT2D eigenvalue weighted by Gasteiger charge is -2.13. The van der Waals surface area contributed by atoms with Crippen molar-refractivity contribution in [2.45, 2.75) is 32.2 Å². The minimum atomic E-state index is -0.779. The van der Waals surface area contributed by atoms with Gasteiger partial charge in [0.05, 0.1) is 17.0 Å². The van der Waals surface area contributed by atoms with Crippen LogP contribution in [0.4, 0.5) is 0 Å². The number of hydrogen-bond acceptors (Lipinski definition) is 3. The molecular weight excluding hydrogens is 280 g/mol. The number of nitrogens with one attached hydrogen (secondary N) is 1. The summed E-state index contributed by atoms with van der Waals surface area (Å²) in [4.78, 5) is 28.0. The maximum absolute atomic E-state index is 12.5. The lowest BCUT2D eigenvalue weighted by atomic mass is 10.1. The first kappa shape index (κ1) is 14.5. The molecule has 1 aliphatic carbocycles. The highest BCUT2D eigenvalue weighted by Crippen LogP contribution is 2.26. The molecule has 0 aliphatic heterocycles. The van der Waals surface area contributed by atoms with E-state index in [1.165, 1.54) is 0 Å². The van der Waals surface area contributed by atoms with Gasteiger partial charge in [0.1, 0.15) is 0 Å². The first-order valence-corrected chi connectivity index (χ1v) is 7.44. The van der Waals surface area contributed by atoms with Gasteiger partial charge in [0.25, 0.3) is 5.91 Å². The molecule has 0 unspecified atom stereocenters. The standard InChI is InChI=1S/C17H18N2O3/c1-10-5-6-11-3-2-4-14(15(11)18-10)16(20)19-13-8-7-12(9-13)17(21)22/h2-6,12-13H,7-9H2,1H3,(H,19,20)(H,21,22)/t12-,13+/m0/s1. The van der Waals surface area contributed by atoms with E-state index in [9.17, 15) is 9.59 Å². The number of nitrogens with zero attached hydrogens (tertiary/aromatic N) is 1. The van der Waals surface area contributed by atoms with Crippen LogP contribution in [-0.2, 0) is 4.79 Å². The zero-order chi connectivity index (χ0) is 15.7. The molecule has 2 atom stereocenters. The lowest BCUT2D eigenvalue weighted by Crippen LogP contribution is -2.33. The molecule has 22 heavy (non-hydrogen) atoms. The zero-order valence-electron chi connectivity index (χ0n) is 12.4. The average Bonchev–Trinajstić information content (AvgIpc) is 2.95. The molecule has 1 aromatic heterocycles. The molecule has 1 saturated carbocycles. The number of carboxylic acids is 1. The highest BCUT2D eigenvalue weighted by atomic mass is 16.4. The van der Waals surface area contributed by atoms with Crippen LogP contribution in [0.25, 0.3) is 10.9 Å². The number of aliphatic carboxylic acids is 1. The molecule has 0 radical (unpaired) electrons. The van der Waals surface area contributed by atoms with Crippen LogP contribution in [-0.4, -0.2) is 28.0 Å². The molecule has 1 heterocycles. The van der Waals surface area contributed by atoms with Crippen molar-refractivity contribution in [1.29, 1.82) is 0 Å². The molecule has 5 heteroatoms. The van der Waals surface area contributed by atoms with E-state index in [0.717, 1.165) is 11.1 Å². The van der Waals surface area contributed by atoms with Crippen molar-refractivity contribution in [2.24, 2.45) is 5.92 Å². The summed E-state index contributed by atoms with van der Waals surface area (Å²) in [6.45, 7) is 1.89. The predicted octanol–water partition coefficient (Wildman–Crippen LogP) is 2.53. The summed E-state index contributed by atoms with van der Waals surface area (Å²) in [6, 6.07) is 9.31. The van der Waals surface area contributed by atoms with Crippen LogP contribution >= 0.6 is 0 Å². The number of para-hydroxylation sites is 1. The third-order valence-electron chi connectivity index (χ3n) is 4.22. The number of carbonyl (C=O) groups is 2. The second kappa shape index (κ2) is 5.75. The molecule has 3 rings (SSSR count). The molecule has 0 saturated heterocycles. The Morgan fingerprint density at radius 2 is 2.05 bits per heavy atom. The Labute approximate surface area is 128 Å². The van der Waals surface area contributed by atoms with Crippen molar-refractivity contribution in [3.05, 3.63) is 41.6 Å². The monoisotopic (exact) mass is 298 g/mol. The van der Waals surface area contributed by atoms with Gasteiger partial charge >= 0.3 is 5.97 Å². The minimum absolute atomic E-state index is 0.0753. The fourth-order valence-corrected chi connectivity index (χ4v) is 3.03. The van der Waals surface area contributed by atoms with Gasteiger partial charge in [0, 0.05) is 17.1 Å². The fourth-order valence-electron chi connectivity index (χ4n) is 3.03. The lowest BCUT2D eigenvalue weighted by molar-refractivity contribution is -0.141. The van der Waals surface area contributed by atoms with Gasteiger partial charge in [-0.2, -0.15) is 0 Å². The Bertz CT molecular complexity index is 742. The summed E-state index contributed by atoms with van der Waals surface area (Å²) in [7, 11) is 0.